The van der Waals surface area contributed by atoms with Gasteiger partial charge >= 0.3 is 12.4 Å². The average Bonchev–Trinajstić information content (AvgIpc) is 2.55. The van der Waals surface area contributed by atoms with Crippen LogP contribution >= 0.6 is 0 Å². The second-order valence-corrected chi connectivity index (χ2v) is 5.81. The second kappa shape index (κ2) is 7.40. The minimum absolute atomic E-state index is 0.156. The fourth-order valence-electron chi connectivity index (χ4n) is 2.85. The summed E-state index contributed by atoms with van der Waals surface area (Å²) in [5, 5.41) is 13.3. The van der Waals surface area contributed by atoms with Gasteiger partial charge in [0.05, 0.1) is 17.2 Å². The van der Waals surface area contributed by atoms with E-state index in [0.29, 0.717) is 25.1 Å². The Morgan fingerprint density at radius 2 is 1.73 bits per heavy atom. The number of halogens is 6. The summed E-state index contributed by atoms with van der Waals surface area (Å²) in [5.41, 5.74) is -3.80. The molecule has 0 spiro atoms. The fraction of sp³-hybridized carbons (Fsp3) is 0.471. The molecule has 26 heavy (non-hydrogen) atoms. The molecule has 1 unspecified atom stereocenters. The largest absolute Gasteiger partial charge is 0.433 e. The van der Waals surface area contributed by atoms with Crippen molar-refractivity contribution in [1.29, 1.82) is 0 Å². The Kier molecular flexibility index (Phi) is 5.82. The number of nitrogens with zero attached hydrogens (tertiary/aromatic N) is 1. The molecule has 0 aliphatic carbocycles. The SMILES string of the molecule is CCNC(CC)[C@@H](O)c1cc(C(F)(F)F)nc2c(C(F)(F)F)cccc12. The maximum Gasteiger partial charge on any atom is 0.433 e. The Bertz CT molecular complexity index is 772. The number of pyridine rings is 1. The van der Waals surface area contributed by atoms with Gasteiger partial charge in [-0.2, -0.15) is 26.3 Å². The molecule has 0 saturated carbocycles. The highest BCUT2D eigenvalue weighted by atomic mass is 19.4. The van der Waals surface area contributed by atoms with Gasteiger partial charge in [-0.1, -0.05) is 26.0 Å². The third-order valence-corrected chi connectivity index (χ3v) is 4.07. The number of aliphatic hydroxyl groups excluding tert-OH is 1. The quantitative estimate of drug-likeness (QED) is 0.740. The molecule has 0 aliphatic rings. The number of rotatable bonds is 5. The molecule has 2 aromatic rings. The van der Waals surface area contributed by atoms with Gasteiger partial charge in [0.25, 0.3) is 0 Å². The Morgan fingerprint density at radius 1 is 1.08 bits per heavy atom. The summed E-state index contributed by atoms with van der Waals surface area (Å²) in [4.78, 5) is 3.21. The third kappa shape index (κ3) is 4.09. The summed E-state index contributed by atoms with van der Waals surface area (Å²) < 4.78 is 79.2. The first-order chi connectivity index (χ1) is 12.0. The number of fused-ring (bicyclic) bond motifs is 1. The number of aliphatic hydroxyl groups is 1. The molecule has 1 heterocycles. The zero-order valence-electron chi connectivity index (χ0n) is 14.0. The lowest BCUT2D eigenvalue weighted by molar-refractivity contribution is -0.142. The zero-order valence-corrected chi connectivity index (χ0v) is 14.0. The van der Waals surface area contributed by atoms with E-state index in [2.05, 4.69) is 10.3 Å². The van der Waals surface area contributed by atoms with Gasteiger partial charge in [0.15, 0.2) is 0 Å². The van der Waals surface area contributed by atoms with Crippen molar-refractivity contribution in [1.82, 2.24) is 10.3 Å². The lowest BCUT2D eigenvalue weighted by Crippen LogP contribution is -2.34. The molecule has 9 heteroatoms. The molecular weight excluding hydrogens is 362 g/mol. The van der Waals surface area contributed by atoms with Gasteiger partial charge in [0.2, 0.25) is 0 Å². The first-order valence-corrected chi connectivity index (χ1v) is 8.00. The summed E-state index contributed by atoms with van der Waals surface area (Å²) in [6.45, 7) is 3.91. The van der Waals surface area contributed by atoms with Gasteiger partial charge in [0.1, 0.15) is 5.69 Å². The zero-order chi connectivity index (χ0) is 19.7. The summed E-state index contributed by atoms with van der Waals surface area (Å²) in [6, 6.07) is 3.00. The van der Waals surface area contributed by atoms with Crippen LogP contribution in [0.1, 0.15) is 43.2 Å². The van der Waals surface area contributed by atoms with Crippen LogP contribution in [0.4, 0.5) is 26.3 Å². The van der Waals surface area contributed by atoms with Gasteiger partial charge in [-0.25, -0.2) is 4.98 Å². The van der Waals surface area contributed by atoms with Crippen LogP contribution < -0.4 is 5.32 Å². The predicted molar refractivity (Wildman–Crippen MR) is 84.5 cm³/mol. The van der Waals surface area contributed by atoms with Gasteiger partial charge < -0.3 is 10.4 Å². The maximum atomic E-state index is 13.2. The molecule has 0 saturated heterocycles. The molecule has 3 nitrogen and oxygen atoms in total. The monoisotopic (exact) mass is 380 g/mol. The first kappa shape index (κ1) is 20.4. The molecular formula is C17H18F6N2O. The summed E-state index contributed by atoms with van der Waals surface area (Å²) in [7, 11) is 0. The highest BCUT2D eigenvalue weighted by molar-refractivity contribution is 5.86. The van der Waals surface area contributed by atoms with E-state index in [4.69, 9.17) is 0 Å². The van der Waals surface area contributed by atoms with E-state index >= 15 is 0 Å². The molecule has 1 aromatic heterocycles. The van der Waals surface area contributed by atoms with Crippen LogP contribution in [0.25, 0.3) is 10.9 Å². The van der Waals surface area contributed by atoms with Crippen LogP contribution in [-0.4, -0.2) is 22.7 Å². The number of benzene rings is 1. The summed E-state index contributed by atoms with van der Waals surface area (Å²) >= 11 is 0. The van der Waals surface area contributed by atoms with Crippen LogP contribution in [0, 0.1) is 0 Å². The van der Waals surface area contributed by atoms with Crippen molar-refractivity contribution in [2.75, 3.05) is 6.54 Å². The molecule has 0 aliphatic heterocycles. The topological polar surface area (TPSA) is 45.1 Å². The predicted octanol–water partition coefficient (Wildman–Crippen LogP) is 4.69. The van der Waals surface area contributed by atoms with Crippen molar-refractivity contribution >= 4 is 10.9 Å². The first-order valence-electron chi connectivity index (χ1n) is 8.00. The molecule has 0 amide bonds. The van der Waals surface area contributed by atoms with Crippen molar-refractivity contribution in [3.8, 4) is 0 Å². The van der Waals surface area contributed by atoms with E-state index in [9.17, 15) is 31.4 Å². The highest BCUT2D eigenvalue weighted by Crippen LogP contribution is 2.39. The normalized spacial score (nSPS) is 15.3. The fourth-order valence-corrected chi connectivity index (χ4v) is 2.85. The Hall–Kier alpha value is -1.87. The van der Waals surface area contributed by atoms with Gasteiger partial charge in [0, 0.05) is 11.4 Å². The minimum Gasteiger partial charge on any atom is -0.387 e. The molecule has 1 aromatic carbocycles. The van der Waals surface area contributed by atoms with Crippen molar-refractivity contribution < 1.29 is 31.4 Å². The van der Waals surface area contributed by atoms with Crippen LogP contribution in [0.15, 0.2) is 24.3 Å². The number of alkyl halides is 6. The molecule has 2 N–H and O–H groups in total. The van der Waals surface area contributed by atoms with E-state index in [-0.39, 0.29) is 10.9 Å². The molecule has 0 fully saturated rings. The van der Waals surface area contributed by atoms with Gasteiger partial charge in [-0.05, 0) is 30.7 Å². The smallest absolute Gasteiger partial charge is 0.387 e. The molecule has 2 atom stereocenters. The standard InChI is InChI=1S/C17H18F6N2O/c1-3-12(24-4-2)15(26)10-8-13(17(21,22)23)25-14-9(10)6-5-7-11(14)16(18,19)20/h5-8,12,15,24,26H,3-4H2,1-2H3/t12?,15-/m0/s1. The third-order valence-electron chi connectivity index (χ3n) is 4.07. The number of hydrogen-bond donors (Lipinski definition) is 2. The Labute approximate surface area is 146 Å². The lowest BCUT2D eigenvalue weighted by atomic mass is 9.94. The van der Waals surface area contributed by atoms with Crippen LogP contribution in [-0.2, 0) is 12.4 Å². The van der Waals surface area contributed by atoms with Crippen LogP contribution in [0.3, 0.4) is 0 Å². The number of nitrogens with one attached hydrogen (secondary N) is 1. The maximum absolute atomic E-state index is 13.2. The minimum atomic E-state index is -4.94. The van der Waals surface area contributed by atoms with E-state index in [0.717, 1.165) is 6.07 Å². The molecule has 0 radical (unpaired) electrons. The molecule has 0 bridgehead atoms. The van der Waals surface area contributed by atoms with Gasteiger partial charge in [-0.15, -0.1) is 0 Å². The van der Waals surface area contributed by atoms with E-state index in [1.807, 2.05) is 0 Å². The number of para-hydroxylation sites is 1. The van der Waals surface area contributed by atoms with Crippen molar-refractivity contribution in [3.05, 3.63) is 41.1 Å². The van der Waals surface area contributed by atoms with E-state index in [1.54, 1.807) is 13.8 Å². The summed E-state index contributed by atoms with van der Waals surface area (Å²) in [6.07, 6.45) is -10.9. The van der Waals surface area contributed by atoms with Crippen molar-refractivity contribution in [2.24, 2.45) is 0 Å². The van der Waals surface area contributed by atoms with Crippen LogP contribution in [0.5, 0.6) is 0 Å². The summed E-state index contributed by atoms with van der Waals surface area (Å²) in [5.74, 6) is 0. The number of likely N-dealkylation sites (N-methyl/N-ethyl adjacent to an activating group) is 1. The van der Waals surface area contributed by atoms with Gasteiger partial charge in [-0.3, -0.25) is 0 Å². The number of aromatic nitrogens is 1. The average molecular weight is 380 g/mol. The lowest BCUT2D eigenvalue weighted by Gasteiger charge is -2.25. The molecule has 144 valence electrons. The van der Waals surface area contributed by atoms with Crippen LogP contribution in [0.2, 0.25) is 0 Å². The Morgan fingerprint density at radius 3 is 2.23 bits per heavy atom. The van der Waals surface area contributed by atoms with E-state index < -0.39 is 41.3 Å². The second-order valence-electron chi connectivity index (χ2n) is 5.81. The van der Waals surface area contributed by atoms with Crippen molar-refractivity contribution in [3.63, 3.8) is 0 Å². The van der Waals surface area contributed by atoms with E-state index in [1.165, 1.54) is 6.07 Å². The Balaban J connectivity index is 2.80. The molecule has 2 rings (SSSR count). The van der Waals surface area contributed by atoms with Crippen molar-refractivity contribution in [2.45, 2.75) is 44.8 Å². The highest BCUT2D eigenvalue weighted by Gasteiger charge is 2.38. The number of hydrogen-bond acceptors (Lipinski definition) is 3.